The van der Waals surface area contributed by atoms with Gasteiger partial charge in [0.25, 0.3) is 0 Å². The molecule has 1 aromatic carbocycles. The molecule has 0 spiro atoms. The first kappa shape index (κ1) is 15.7. The molecule has 0 N–H and O–H groups in total. The van der Waals surface area contributed by atoms with E-state index >= 15 is 0 Å². The predicted molar refractivity (Wildman–Crippen MR) is 86.6 cm³/mol. The average molecular weight is 314 g/mol. The number of carbonyl (C=O) groups excluding carboxylic acids is 1. The normalized spacial score (nSPS) is 18.7. The number of benzene rings is 1. The highest BCUT2D eigenvalue weighted by atomic mass is 16.5. The zero-order valence-electron chi connectivity index (χ0n) is 13.4. The van der Waals surface area contributed by atoms with Gasteiger partial charge >= 0.3 is 5.97 Å². The molecule has 5 heteroatoms. The second-order valence-electron chi connectivity index (χ2n) is 5.87. The summed E-state index contributed by atoms with van der Waals surface area (Å²) in [5.41, 5.74) is 2.08. The zero-order valence-corrected chi connectivity index (χ0v) is 13.4. The van der Waals surface area contributed by atoms with Crippen molar-refractivity contribution >= 4 is 5.97 Å². The highest BCUT2D eigenvalue weighted by molar-refractivity contribution is 5.72. The fourth-order valence-electron chi connectivity index (χ4n) is 3.09. The number of carbonyl (C=O) groups is 1. The van der Waals surface area contributed by atoms with Crippen LogP contribution < -0.4 is 0 Å². The van der Waals surface area contributed by atoms with Crippen LogP contribution in [0.25, 0.3) is 11.3 Å². The fraction of sp³-hybridized carbons (Fsp3) is 0.444. The van der Waals surface area contributed by atoms with E-state index in [0.717, 1.165) is 49.4 Å². The molecule has 1 aromatic heterocycles. The summed E-state index contributed by atoms with van der Waals surface area (Å²) in [6.07, 6.45) is 3.69. The van der Waals surface area contributed by atoms with Crippen LogP contribution in [0.3, 0.4) is 0 Å². The van der Waals surface area contributed by atoms with E-state index in [1.165, 1.54) is 0 Å². The van der Waals surface area contributed by atoms with E-state index in [2.05, 4.69) is 10.1 Å². The van der Waals surface area contributed by atoms with Gasteiger partial charge in [0.15, 0.2) is 5.76 Å². The van der Waals surface area contributed by atoms with Gasteiger partial charge in [0.2, 0.25) is 0 Å². The van der Waals surface area contributed by atoms with Crippen molar-refractivity contribution in [3.05, 3.63) is 42.1 Å². The Balaban J connectivity index is 1.68. The monoisotopic (exact) mass is 314 g/mol. The van der Waals surface area contributed by atoms with Crippen LogP contribution in [-0.4, -0.2) is 35.7 Å². The quantitative estimate of drug-likeness (QED) is 0.794. The number of aromatic nitrogens is 1. The van der Waals surface area contributed by atoms with Crippen LogP contribution >= 0.6 is 0 Å². The molecular weight excluding hydrogens is 292 g/mol. The van der Waals surface area contributed by atoms with Crippen molar-refractivity contribution in [2.45, 2.75) is 26.3 Å². The largest absolute Gasteiger partial charge is 0.466 e. The molecule has 1 atom stereocenters. The van der Waals surface area contributed by atoms with Gasteiger partial charge in [-0.05, 0) is 26.3 Å². The Morgan fingerprint density at radius 1 is 1.39 bits per heavy atom. The van der Waals surface area contributed by atoms with Gasteiger partial charge < -0.3 is 9.26 Å². The standard InChI is InChI=1S/C18H22N2O3/c1-2-22-18(21)15-9-6-10-20(12-15)13-16-11-19-23-17(16)14-7-4-3-5-8-14/h3-5,7-8,11,15H,2,6,9-10,12-13H2,1H3/t15-/m1/s1. The van der Waals surface area contributed by atoms with Crippen molar-refractivity contribution in [2.24, 2.45) is 5.92 Å². The van der Waals surface area contributed by atoms with Crippen molar-refractivity contribution in [1.29, 1.82) is 0 Å². The summed E-state index contributed by atoms with van der Waals surface area (Å²) >= 11 is 0. The lowest BCUT2D eigenvalue weighted by Crippen LogP contribution is -2.38. The first-order valence-electron chi connectivity index (χ1n) is 8.16. The molecule has 23 heavy (non-hydrogen) atoms. The number of hydrogen-bond acceptors (Lipinski definition) is 5. The number of ether oxygens (including phenoxy) is 1. The highest BCUT2D eigenvalue weighted by Gasteiger charge is 2.27. The fourth-order valence-corrected chi connectivity index (χ4v) is 3.09. The number of likely N-dealkylation sites (tertiary alicyclic amines) is 1. The second kappa shape index (κ2) is 7.42. The van der Waals surface area contributed by atoms with Gasteiger partial charge in [-0.15, -0.1) is 0 Å². The van der Waals surface area contributed by atoms with E-state index in [0.29, 0.717) is 6.61 Å². The molecule has 1 aliphatic rings. The molecule has 0 aliphatic carbocycles. The summed E-state index contributed by atoms with van der Waals surface area (Å²) in [4.78, 5) is 14.2. The Kier molecular flexibility index (Phi) is 5.08. The molecule has 1 aliphatic heterocycles. The molecule has 2 aromatic rings. The molecule has 2 heterocycles. The third kappa shape index (κ3) is 3.79. The topological polar surface area (TPSA) is 55.6 Å². The summed E-state index contributed by atoms with van der Waals surface area (Å²) in [6, 6.07) is 9.98. The maximum atomic E-state index is 12.0. The Labute approximate surface area is 136 Å². The smallest absolute Gasteiger partial charge is 0.310 e. The van der Waals surface area contributed by atoms with Gasteiger partial charge in [-0.2, -0.15) is 0 Å². The van der Waals surface area contributed by atoms with E-state index in [1.54, 1.807) is 6.20 Å². The van der Waals surface area contributed by atoms with Crippen LogP contribution in [-0.2, 0) is 16.1 Å². The maximum absolute atomic E-state index is 12.0. The lowest BCUT2D eigenvalue weighted by atomic mass is 9.97. The molecule has 3 rings (SSSR count). The van der Waals surface area contributed by atoms with E-state index < -0.39 is 0 Å². The van der Waals surface area contributed by atoms with E-state index in [1.807, 2.05) is 37.3 Å². The minimum absolute atomic E-state index is 0.0243. The number of nitrogens with zero attached hydrogens (tertiary/aromatic N) is 2. The molecule has 0 amide bonds. The lowest BCUT2D eigenvalue weighted by Gasteiger charge is -2.31. The summed E-state index contributed by atoms with van der Waals surface area (Å²) in [5.74, 6) is 0.707. The molecular formula is C18H22N2O3. The maximum Gasteiger partial charge on any atom is 0.310 e. The summed E-state index contributed by atoms with van der Waals surface area (Å²) < 4.78 is 10.6. The lowest BCUT2D eigenvalue weighted by molar-refractivity contribution is -0.150. The van der Waals surface area contributed by atoms with Crippen molar-refractivity contribution in [1.82, 2.24) is 10.1 Å². The third-order valence-corrected chi connectivity index (χ3v) is 4.20. The Morgan fingerprint density at radius 3 is 3.00 bits per heavy atom. The van der Waals surface area contributed by atoms with Crippen molar-refractivity contribution < 1.29 is 14.1 Å². The van der Waals surface area contributed by atoms with Crippen LogP contribution in [0, 0.1) is 5.92 Å². The molecule has 0 unspecified atom stereocenters. The van der Waals surface area contributed by atoms with Gasteiger partial charge in [-0.25, -0.2) is 0 Å². The molecule has 0 saturated carbocycles. The summed E-state index contributed by atoms with van der Waals surface area (Å²) in [6.45, 7) is 4.75. The number of rotatable bonds is 5. The minimum Gasteiger partial charge on any atom is -0.466 e. The van der Waals surface area contributed by atoms with Gasteiger partial charge in [-0.3, -0.25) is 9.69 Å². The van der Waals surface area contributed by atoms with Crippen LogP contribution in [0.15, 0.2) is 41.1 Å². The van der Waals surface area contributed by atoms with E-state index in [9.17, 15) is 4.79 Å². The molecule has 1 fully saturated rings. The third-order valence-electron chi connectivity index (χ3n) is 4.20. The van der Waals surface area contributed by atoms with E-state index in [-0.39, 0.29) is 11.9 Å². The number of hydrogen-bond donors (Lipinski definition) is 0. The van der Waals surface area contributed by atoms with Crippen molar-refractivity contribution in [3.8, 4) is 11.3 Å². The number of esters is 1. The van der Waals surface area contributed by atoms with Crippen LogP contribution in [0.4, 0.5) is 0 Å². The summed E-state index contributed by atoms with van der Waals surface area (Å²) in [7, 11) is 0. The predicted octanol–water partition coefficient (Wildman–Crippen LogP) is 3.12. The molecule has 1 saturated heterocycles. The second-order valence-corrected chi connectivity index (χ2v) is 5.87. The van der Waals surface area contributed by atoms with Crippen molar-refractivity contribution in [2.75, 3.05) is 19.7 Å². The Hall–Kier alpha value is -2.14. The summed E-state index contributed by atoms with van der Waals surface area (Å²) in [5, 5.41) is 3.95. The van der Waals surface area contributed by atoms with E-state index in [4.69, 9.17) is 9.26 Å². The first-order chi connectivity index (χ1) is 11.3. The molecule has 0 bridgehead atoms. The Bertz CT molecular complexity index is 639. The SMILES string of the molecule is CCOC(=O)[C@@H]1CCCN(Cc2cnoc2-c2ccccc2)C1. The number of piperidine rings is 1. The minimum atomic E-state index is -0.0780. The molecule has 0 radical (unpaired) electrons. The Morgan fingerprint density at radius 2 is 2.22 bits per heavy atom. The average Bonchev–Trinajstić information content (AvgIpc) is 3.04. The molecule has 5 nitrogen and oxygen atoms in total. The van der Waals surface area contributed by atoms with Gasteiger partial charge in [-0.1, -0.05) is 35.5 Å². The van der Waals surface area contributed by atoms with Crippen LogP contribution in [0.2, 0.25) is 0 Å². The first-order valence-corrected chi connectivity index (χ1v) is 8.16. The van der Waals surface area contributed by atoms with Gasteiger partial charge in [0.1, 0.15) is 0 Å². The highest BCUT2D eigenvalue weighted by Crippen LogP contribution is 2.26. The zero-order chi connectivity index (χ0) is 16.1. The van der Waals surface area contributed by atoms with Gasteiger partial charge in [0.05, 0.1) is 18.7 Å². The van der Waals surface area contributed by atoms with Crippen molar-refractivity contribution in [3.63, 3.8) is 0 Å². The van der Waals surface area contributed by atoms with Gasteiger partial charge in [0, 0.05) is 24.2 Å². The molecule has 122 valence electrons. The van der Waals surface area contributed by atoms with Crippen LogP contribution in [0.1, 0.15) is 25.3 Å². The van der Waals surface area contributed by atoms with Crippen LogP contribution in [0.5, 0.6) is 0 Å².